The van der Waals surface area contributed by atoms with Gasteiger partial charge in [-0.05, 0) is 6.42 Å². The average molecular weight is 135 g/mol. The van der Waals surface area contributed by atoms with Crippen LogP contribution in [0, 0.1) is 0 Å². The molecular weight excluding hydrogens is 127 g/mol. The highest BCUT2D eigenvalue weighted by Gasteiger charge is 2.35. The van der Waals surface area contributed by atoms with Crippen LogP contribution in [0.15, 0.2) is 0 Å². The van der Waals surface area contributed by atoms with Gasteiger partial charge in [0.1, 0.15) is 12.7 Å². The molecule has 0 aliphatic carbocycles. The molecule has 46 valence electrons. The van der Waals surface area contributed by atoms with E-state index in [0.29, 0.717) is 6.61 Å². The van der Waals surface area contributed by atoms with Gasteiger partial charge in [-0.15, -0.1) is 9.05 Å². The Bertz CT molecular complexity index is 103. The van der Waals surface area contributed by atoms with Gasteiger partial charge in [0.05, 0.1) is 0 Å². The van der Waals surface area contributed by atoms with Gasteiger partial charge >= 0.3 is 8.25 Å². The second kappa shape index (κ2) is 2.53. The Labute approximate surface area is 48.9 Å². The molecule has 1 fully saturated rings. The van der Waals surface area contributed by atoms with Crippen molar-refractivity contribution in [1.29, 1.82) is 0 Å². The van der Waals surface area contributed by atoms with Crippen molar-refractivity contribution in [2.75, 3.05) is 6.61 Å². The van der Waals surface area contributed by atoms with E-state index in [-0.39, 0.29) is 6.10 Å². The summed E-state index contributed by atoms with van der Waals surface area (Å²) in [5.41, 5.74) is 0. The van der Waals surface area contributed by atoms with Crippen molar-refractivity contribution in [3.63, 3.8) is 0 Å². The highest BCUT2D eigenvalue weighted by atomic mass is 31.1. The quantitative estimate of drug-likeness (QED) is 0.510. The smallest absolute Gasteiger partial charge is 0.116 e. The van der Waals surface area contributed by atoms with Crippen LogP contribution in [0.25, 0.3) is 0 Å². The lowest BCUT2D eigenvalue weighted by atomic mass is 10.3. The van der Waals surface area contributed by atoms with Crippen LogP contribution in [0.1, 0.15) is 13.3 Å². The number of hydrogen-bond donors (Lipinski definition) is 0. The zero-order valence-electron chi connectivity index (χ0n) is 4.66. The molecule has 2 unspecified atom stereocenters. The summed E-state index contributed by atoms with van der Waals surface area (Å²) in [6, 6.07) is 0. The van der Waals surface area contributed by atoms with Crippen molar-refractivity contribution in [2.45, 2.75) is 19.4 Å². The Hall–Kier alpha value is 0.0200. The molecule has 0 N–H and O–H groups in total. The van der Waals surface area contributed by atoms with Crippen LogP contribution < -0.4 is 0 Å². The lowest BCUT2D eigenvalue weighted by Gasteiger charge is -1.89. The zero-order valence-corrected chi connectivity index (χ0v) is 5.56. The predicted octanol–water partition coefficient (Wildman–Crippen LogP) is 1.47. The lowest BCUT2D eigenvalue weighted by Crippen LogP contribution is -2.05. The normalized spacial score (nSPS) is 33.6. The van der Waals surface area contributed by atoms with Gasteiger partial charge in [-0.1, -0.05) is 6.92 Å². The van der Waals surface area contributed by atoms with E-state index in [2.05, 4.69) is 4.52 Å². The molecule has 1 rings (SSSR count). The second-order valence-corrected chi connectivity index (χ2v) is 2.57. The lowest BCUT2D eigenvalue weighted by molar-refractivity contribution is 0.232. The monoisotopic (exact) mass is 135 g/mol. The van der Waals surface area contributed by atoms with Crippen molar-refractivity contribution in [3.8, 4) is 0 Å². The molecular formula is C4H8O3P+. The third-order valence-electron chi connectivity index (χ3n) is 1.06. The van der Waals surface area contributed by atoms with Crippen molar-refractivity contribution in [2.24, 2.45) is 0 Å². The molecule has 0 aromatic rings. The molecule has 1 aliphatic heterocycles. The molecule has 0 saturated carbocycles. The minimum Gasteiger partial charge on any atom is -0.116 e. The highest BCUT2D eigenvalue weighted by Crippen LogP contribution is 2.34. The molecule has 0 aromatic carbocycles. The maximum absolute atomic E-state index is 10.3. The first-order valence-corrected chi connectivity index (χ1v) is 3.69. The molecule has 0 radical (unpaired) electrons. The van der Waals surface area contributed by atoms with Crippen molar-refractivity contribution >= 4 is 8.25 Å². The van der Waals surface area contributed by atoms with Crippen LogP contribution in [-0.4, -0.2) is 12.7 Å². The molecule has 0 amide bonds. The van der Waals surface area contributed by atoms with Crippen LogP contribution in [0.5, 0.6) is 0 Å². The first-order valence-electron chi connectivity index (χ1n) is 2.60. The van der Waals surface area contributed by atoms with Gasteiger partial charge in [-0.25, -0.2) is 0 Å². The van der Waals surface area contributed by atoms with E-state index in [1.54, 1.807) is 0 Å². The molecule has 8 heavy (non-hydrogen) atoms. The Balaban J connectivity index is 2.32. The van der Waals surface area contributed by atoms with Crippen LogP contribution in [0.2, 0.25) is 0 Å². The summed E-state index contributed by atoms with van der Waals surface area (Å²) in [7, 11) is -1.76. The fourth-order valence-corrected chi connectivity index (χ4v) is 1.32. The second-order valence-electron chi connectivity index (χ2n) is 1.66. The predicted molar refractivity (Wildman–Crippen MR) is 28.7 cm³/mol. The topological polar surface area (TPSA) is 35.5 Å². The summed E-state index contributed by atoms with van der Waals surface area (Å²) in [6.07, 6.45) is 0.944. The molecule has 1 saturated heterocycles. The van der Waals surface area contributed by atoms with Gasteiger partial charge in [0.15, 0.2) is 0 Å². The van der Waals surface area contributed by atoms with Gasteiger partial charge < -0.3 is 0 Å². The Morgan fingerprint density at radius 2 is 2.62 bits per heavy atom. The Morgan fingerprint density at radius 1 is 1.88 bits per heavy atom. The summed E-state index contributed by atoms with van der Waals surface area (Å²) in [6.45, 7) is 2.47. The number of rotatable bonds is 1. The molecule has 4 heteroatoms. The first-order chi connectivity index (χ1) is 3.83. The van der Waals surface area contributed by atoms with E-state index >= 15 is 0 Å². The van der Waals surface area contributed by atoms with Crippen molar-refractivity contribution < 1.29 is 13.6 Å². The van der Waals surface area contributed by atoms with Gasteiger partial charge in [0.25, 0.3) is 0 Å². The molecule has 1 heterocycles. The van der Waals surface area contributed by atoms with Crippen LogP contribution in [-0.2, 0) is 13.6 Å². The standard InChI is InChI=1S/C4H8O3P/c1-2-4-3-6-8(5)7-4/h4H,2-3H2,1H3/q+1. The van der Waals surface area contributed by atoms with Gasteiger partial charge in [-0.2, -0.15) is 0 Å². The van der Waals surface area contributed by atoms with E-state index in [4.69, 9.17) is 4.52 Å². The largest absolute Gasteiger partial charge is 0.697 e. The van der Waals surface area contributed by atoms with E-state index < -0.39 is 8.25 Å². The summed E-state index contributed by atoms with van der Waals surface area (Å²) in [5, 5.41) is 0. The van der Waals surface area contributed by atoms with Gasteiger partial charge in [0.2, 0.25) is 0 Å². The third kappa shape index (κ3) is 1.25. The maximum Gasteiger partial charge on any atom is 0.697 e. The summed E-state index contributed by atoms with van der Waals surface area (Å²) >= 11 is 0. The van der Waals surface area contributed by atoms with Crippen LogP contribution in [0.4, 0.5) is 0 Å². The van der Waals surface area contributed by atoms with E-state index in [1.165, 1.54) is 0 Å². The molecule has 0 bridgehead atoms. The van der Waals surface area contributed by atoms with Gasteiger partial charge in [0, 0.05) is 4.57 Å². The van der Waals surface area contributed by atoms with Gasteiger partial charge in [-0.3, -0.25) is 0 Å². The average Bonchev–Trinajstić information content (AvgIpc) is 2.14. The highest BCUT2D eigenvalue weighted by molar-refractivity contribution is 7.33. The minimum atomic E-state index is -1.76. The SMILES string of the molecule is CCC1CO[P+](=O)O1. The van der Waals surface area contributed by atoms with E-state index in [1.807, 2.05) is 6.92 Å². The van der Waals surface area contributed by atoms with Crippen molar-refractivity contribution in [3.05, 3.63) is 0 Å². The van der Waals surface area contributed by atoms with Crippen LogP contribution in [0.3, 0.4) is 0 Å². The Kier molecular flexibility index (Phi) is 1.95. The third-order valence-corrected chi connectivity index (χ3v) is 1.89. The van der Waals surface area contributed by atoms with E-state index in [0.717, 1.165) is 6.42 Å². The molecule has 1 aliphatic rings. The maximum atomic E-state index is 10.3. The Morgan fingerprint density at radius 3 is 2.88 bits per heavy atom. The first kappa shape index (κ1) is 6.14. The van der Waals surface area contributed by atoms with Crippen molar-refractivity contribution in [1.82, 2.24) is 0 Å². The fourth-order valence-electron chi connectivity index (χ4n) is 0.519. The van der Waals surface area contributed by atoms with E-state index in [9.17, 15) is 4.57 Å². The summed E-state index contributed by atoms with van der Waals surface area (Å²) in [5.74, 6) is 0. The summed E-state index contributed by atoms with van der Waals surface area (Å²) in [4.78, 5) is 0. The minimum absolute atomic E-state index is 0.0682. The molecule has 2 atom stereocenters. The molecule has 0 spiro atoms. The fraction of sp³-hybridized carbons (Fsp3) is 1.00. The molecule has 3 nitrogen and oxygen atoms in total. The number of hydrogen-bond acceptors (Lipinski definition) is 3. The zero-order chi connectivity index (χ0) is 5.98. The molecule has 0 aromatic heterocycles. The van der Waals surface area contributed by atoms with Crippen LogP contribution >= 0.6 is 8.25 Å². The summed E-state index contributed by atoms with van der Waals surface area (Å²) < 4.78 is 19.8.